The first-order valence-corrected chi connectivity index (χ1v) is 11.4. The highest BCUT2D eigenvalue weighted by Gasteiger charge is 2.38. The van der Waals surface area contributed by atoms with Crippen molar-refractivity contribution in [3.05, 3.63) is 0 Å². The van der Waals surface area contributed by atoms with Crippen molar-refractivity contribution >= 4 is 8.32 Å². The van der Waals surface area contributed by atoms with Crippen molar-refractivity contribution in [2.45, 2.75) is 103 Å². The summed E-state index contributed by atoms with van der Waals surface area (Å²) in [5, 5.41) is 9.04. The maximum absolute atomic E-state index is 8.73. The van der Waals surface area contributed by atoms with Gasteiger partial charge < -0.3 is 9.53 Å². The van der Waals surface area contributed by atoms with Gasteiger partial charge in [0.25, 0.3) is 0 Å². The topological polar surface area (TPSA) is 29.5 Å². The quantitative estimate of drug-likeness (QED) is 0.403. The first-order chi connectivity index (χ1) is 9.24. The molecule has 0 radical (unpaired) electrons. The Balaban J connectivity index is 3.88. The van der Waals surface area contributed by atoms with E-state index in [9.17, 15) is 0 Å². The summed E-state index contributed by atoms with van der Waals surface area (Å²) in [4.78, 5) is 0. The van der Waals surface area contributed by atoms with Gasteiger partial charge in [-0.15, -0.1) is 0 Å². The van der Waals surface area contributed by atoms with Gasteiger partial charge in [-0.1, -0.05) is 59.8 Å². The van der Waals surface area contributed by atoms with Crippen LogP contribution in [0.5, 0.6) is 0 Å². The zero-order valence-electron chi connectivity index (χ0n) is 14.8. The molecule has 1 N–H and O–H groups in total. The first kappa shape index (κ1) is 20.1. The zero-order valence-corrected chi connectivity index (χ0v) is 15.8. The monoisotopic (exact) mass is 302 g/mol. The van der Waals surface area contributed by atoms with Gasteiger partial charge in [-0.05, 0) is 37.4 Å². The van der Waals surface area contributed by atoms with E-state index < -0.39 is 8.32 Å². The van der Waals surface area contributed by atoms with Crippen molar-refractivity contribution in [2.75, 3.05) is 6.61 Å². The van der Waals surface area contributed by atoms with Crippen molar-refractivity contribution < 1.29 is 9.53 Å². The Kier molecular flexibility index (Phi) is 10.0. The lowest BCUT2D eigenvalue weighted by Gasteiger charge is -2.39. The van der Waals surface area contributed by atoms with Gasteiger partial charge in [-0.3, -0.25) is 0 Å². The summed E-state index contributed by atoms with van der Waals surface area (Å²) in [5.41, 5.74) is 0. The minimum Gasteiger partial charge on any atom is -0.414 e. The molecular formula is C17H38O2Si. The molecule has 0 spiro atoms. The summed E-state index contributed by atoms with van der Waals surface area (Å²) < 4.78 is 6.50. The number of aliphatic hydroxyl groups is 1. The van der Waals surface area contributed by atoms with Crippen LogP contribution in [-0.2, 0) is 4.43 Å². The molecule has 0 aliphatic rings. The second kappa shape index (κ2) is 9.96. The Morgan fingerprint density at radius 2 is 1.45 bits per heavy atom. The highest BCUT2D eigenvalue weighted by atomic mass is 28.4. The van der Waals surface area contributed by atoms with Crippen molar-refractivity contribution in [3.63, 3.8) is 0 Å². The minimum absolute atomic E-state index is 0.310. The second-order valence-corrected chi connectivity index (χ2v) is 12.3. The van der Waals surface area contributed by atoms with Gasteiger partial charge in [0.1, 0.15) is 0 Å². The molecule has 1 unspecified atom stereocenters. The van der Waals surface area contributed by atoms with Crippen molar-refractivity contribution in [1.29, 1.82) is 0 Å². The fourth-order valence-electron chi connectivity index (χ4n) is 2.13. The van der Waals surface area contributed by atoms with Crippen LogP contribution >= 0.6 is 0 Å². The van der Waals surface area contributed by atoms with Crippen LogP contribution in [-0.4, -0.2) is 26.1 Å². The Hall–Kier alpha value is 0.137. The molecule has 0 amide bonds. The maximum atomic E-state index is 8.73. The predicted molar refractivity (Wildman–Crippen MR) is 91.8 cm³/mol. The summed E-state index contributed by atoms with van der Waals surface area (Å²) in [6.07, 6.45) is 10.1. The Labute approximate surface area is 128 Å². The molecule has 20 heavy (non-hydrogen) atoms. The van der Waals surface area contributed by atoms with Crippen LogP contribution in [0.15, 0.2) is 0 Å². The van der Waals surface area contributed by atoms with Crippen molar-refractivity contribution in [3.8, 4) is 0 Å². The predicted octanol–water partition coefficient (Wildman–Crippen LogP) is 5.51. The summed E-state index contributed by atoms with van der Waals surface area (Å²) in [5.74, 6) is 0. The van der Waals surface area contributed by atoms with Gasteiger partial charge in [0.05, 0.1) is 0 Å². The molecule has 0 saturated carbocycles. The van der Waals surface area contributed by atoms with Gasteiger partial charge in [0.2, 0.25) is 0 Å². The van der Waals surface area contributed by atoms with Crippen molar-refractivity contribution in [1.82, 2.24) is 0 Å². The van der Waals surface area contributed by atoms with E-state index >= 15 is 0 Å². The molecule has 0 heterocycles. The molecule has 0 rings (SSSR count). The molecular weight excluding hydrogens is 264 g/mol. The molecule has 0 aromatic rings. The third-order valence-electron chi connectivity index (χ3n) is 4.66. The van der Waals surface area contributed by atoms with Gasteiger partial charge in [0.15, 0.2) is 8.32 Å². The Morgan fingerprint density at radius 3 is 1.90 bits per heavy atom. The van der Waals surface area contributed by atoms with E-state index in [4.69, 9.17) is 9.53 Å². The average Bonchev–Trinajstić information content (AvgIpc) is 2.34. The highest BCUT2D eigenvalue weighted by Crippen LogP contribution is 2.38. The van der Waals surface area contributed by atoms with Gasteiger partial charge in [-0.25, -0.2) is 0 Å². The molecule has 3 heteroatoms. The standard InChI is InChI=1S/C17H38O2Si/c1-7-16(19-20(5,6)17(2,3)4)14-12-10-8-9-11-13-15-18/h16,18H,7-15H2,1-6H3. The number of aliphatic hydroxyl groups excluding tert-OH is 1. The largest absolute Gasteiger partial charge is 0.414 e. The lowest BCUT2D eigenvalue weighted by Crippen LogP contribution is -2.43. The van der Waals surface area contributed by atoms with Crippen LogP contribution in [0.4, 0.5) is 0 Å². The first-order valence-electron chi connectivity index (χ1n) is 8.53. The molecule has 0 aliphatic carbocycles. The third-order valence-corrected chi connectivity index (χ3v) is 9.19. The Morgan fingerprint density at radius 1 is 0.950 bits per heavy atom. The summed E-state index contributed by atoms with van der Waals surface area (Å²) in [6, 6.07) is 0. The number of hydrogen-bond acceptors (Lipinski definition) is 2. The van der Waals surface area contributed by atoms with E-state index in [1.165, 1.54) is 38.5 Å². The van der Waals surface area contributed by atoms with Crippen LogP contribution in [0.25, 0.3) is 0 Å². The molecule has 2 nitrogen and oxygen atoms in total. The van der Waals surface area contributed by atoms with Crippen LogP contribution in [0.2, 0.25) is 18.1 Å². The van der Waals surface area contributed by atoms with E-state index in [0.29, 0.717) is 17.7 Å². The normalized spacial score (nSPS) is 14.6. The highest BCUT2D eigenvalue weighted by molar-refractivity contribution is 6.74. The molecule has 122 valence electrons. The van der Waals surface area contributed by atoms with Crippen molar-refractivity contribution in [2.24, 2.45) is 0 Å². The van der Waals surface area contributed by atoms with Crippen LogP contribution in [0, 0.1) is 0 Å². The van der Waals surface area contributed by atoms with E-state index in [2.05, 4.69) is 40.8 Å². The summed E-state index contributed by atoms with van der Waals surface area (Å²) >= 11 is 0. The van der Waals surface area contributed by atoms with Crippen LogP contribution in [0.3, 0.4) is 0 Å². The van der Waals surface area contributed by atoms with E-state index in [0.717, 1.165) is 12.8 Å². The fourth-order valence-corrected chi connectivity index (χ4v) is 3.60. The fraction of sp³-hybridized carbons (Fsp3) is 1.00. The molecule has 0 fully saturated rings. The van der Waals surface area contributed by atoms with Gasteiger partial charge in [0, 0.05) is 12.7 Å². The zero-order chi connectivity index (χ0) is 15.6. The third kappa shape index (κ3) is 8.43. The Bertz CT molecular complexity index is 234. The van der Waals surface area contributed by atoms with Gasteiger partial charge >= 0.3 is 0 Å². The second-order valence-electron chi connectivity index (χ2n) is 7.54. The maximum Gasteiger partial charge on any atom is 0.192 e. The lowest BCUT2D eigenvalue weighted by molar-refractivity contribution is 0.163. The molecule has 1 atom stereocenters. The number of rotatable bonds is 11. The number of hydrogen-bond donors (Lipinski definition) is 1. The van der Waals surface area contributed by atoms with Gasteiger partial charge in [-0.2, -0.15) is 0 Å². The molecule has 0 saturated heterocycles. The van der Waals surface area contributed by atoms with E-state index in [1.807, 2.05) is 0 Å². The summed E-state index contributed by atoms with van der Waals surface area (Å²) in [7, 11) is -1.60. The molecule has 0 aromatic carbocycles. The smallest absolute Gasteiger partial charge is 0.192 e. The van der Waals surface area contributed by atoms with Crippen LogP contribution < -0.4 is 0 Å². The number of unbranched alkanes of at least 4 members (excludes halogenated alkanes) is 5. The molecule has 0 aliphatic heterocycles. The van der Waals surface area contributed by atoms with Crippen LogP contribution in [0.1, 0.15) is 79.1 Å². The molecule has 0 aromatic heterocycles. The average molecular weight is 303 g/mol. The SMILES string of the molecule is CCC(CCCCCCCCO)O[Si](C)(C)C(C)(C)C. The minimum atomic E-state index is -1.60. The van der Waals surface area contributed by atoms with E-state index in [1.54, 1.807) is 0 Å². The molecule has 0 bridgehead atoms. The summed E-state index contributed by atoms with van der Waals surface area (Å²) in [6.45, 7) is 14.2. The lowest BCUT2D eigenvalue weighted by atomic mass is 10.1. The van der Waals surface area contributed by atoms with E-state index in [-0.39, 0.29) is 0 Å².